The summed E-state index contributed by atoms with van der Waals surface area (Å²) in [4.78, 5) is 13.1. The topological polar surface area (TPSA) is 40.5 Å². The van der Waals surface area contributed by atoms with Gasteiger partial charge in [0.1, 0.15) is 6.54 Å². The summed E-state index contributed by atoms with van der Waals surface area (Å²) in [5.74, 6) is -0.987. The normalized spacial score (nSPS) is 14.4. The summed E-state index contributed by atoms with van der Waals surface area (Å²) >= 11 is 0. The lowest BCUT2D eigenvalue weighted by Gasteiger charge is -2.27. The Bertz CT molecular complexity index is 798. The molecule has 0 heterocycles. The molecule has 1 N–H and O–H groups in total. The molecule has 28 heavy (non-hydrogen) atoms. The summed E-state index contributed by atoms with van der Waals surface area (Å²) in [6.07, 6.45) is -9.60. The monoisotopic (exact) mass is 405 g/mol. The van der Waals surface area contributed by atoms with Gasteiger partial charge >= 0.3 is 12.4 Å². The molecule has 0 saturated heterocycles. The number of carbonyl (C=O) groups excluding carboxylic acids is 1. The van der Waals surface area contributed by atoms with Gasteiger partial charge in [-0.3, -0.25) is 4.79 Å². The lowest BCUT2D eigenvalue weighted by atomic mass is 9.94. The summed E-state index contributed by atoms with van der Waals surface area (Å²) in [6, 6.07) is 11.7. The second kappa shape index (κ2) is 7.83. The van der Waals surface area contributed by atoms with Crippen molar-refractivity contribution in [1.29, 1.82) is 0 Å². The van der Waals surface area contributed by atoms with Gasteiger partial charge in [0.05, 0.1) is 0 Å². The van der Waals surface area contributed by atoms with E-state index in [2.05, 4.69) is 0 Å². The number of alkyl halides is 6. The van der Waals surface area contributed by atoms with Crippen LogP contribution in [0.2, 0.25) is 0 Å². The number of hydrogen-bond acceptors (Lipinski definition) is 2. The largest absolute Gasteiger partial charge is 0.421 e. The standard InChI is InChI=1S/C19H17F6NO2/c1-17(28,19(23,24)25)15-9-7-14(8-10-15)16(27)26(12-18(20,21)22)11-13-5-3-2-4-6-13/h2-10,28H,11-12H2,1H3. The average Bonchev–Trinajstić information content (AvgIpc) is 2.59. The van der Waals surface area contributed by atoms with E-state index < -0.39 is 36.0 Å². The van der Waals surface area contributed by atoms with Crippen LogP contribution in [0.1, 0.15) is 28.4 Å². The molecule has 152 valence electrons. The number of rotatable bonds is 5. The van der Waals surface area contributed by atoms with Crippen LogP contribution >= 0.6 is 0 Å². The Labute approximate surface area is 157 Å². The number of amides is 1. The van der Waals surface area contributed by atoms with E-state index >= 15 is 0 Å². The van der Waals surface area contributed by atoms with E-state index in [1.807, 2.05) is 0 Å². The van der Waals surface area contributed by atoms with Crippen molar-refractivity contribution in [3.05, 3.63) is 71.3 Å². The first-order valence-electron chi connectivity index (χ1n) is 8.11. The van der Waals surface area contributed by atoms with Crippen molar-refractivity contribution in [3.63, 3.8) is 0 Å². The molecule has 0 radical (unpaired) electrons. The third-order valence-corrected chi connectivity index (χ3v) is 4.12. The predicted octanol–water partition coefficient (Wildman–Crippen LogP) is 4.66. The molecular formula is C19H17F6NO2. The van der Waals surface area contributed by atoms with Crippen molar-refractivity contribution in [1.82, 2.24) is 4.90 Å². The van der Waals surface area contributed by atoms with Gasteiger partial charge in [-0.2, -0.15) is 26.3 Å². The molecule has 3 nitrogen and oxygen atoms in total. The van der Waals surface area contributed by atoms with E-state index in [-0.39, 0.29) is 12.1 Å². The molecule has 0 saturated carbocycles. The third kappa shape index (κ3) is 5.25. The highest BCUT2D eigenvalue weighted by molar-refractivity contribution is 5.94. The predicted molar refractivity (Wildman–Crippen MR) is 89.3 cm³/mol. The molecule has 9 heteroatoms. The number of nitrogens with zero attached hydrogens (tertiary/aromatic N) is 1. The number of carbonyl (C=O) groups is 1. The van der Waals surface area contributed by atoms with Crippen molar-refractivity contribution in [2.45, 2.75) is 31.4 Å². The van der Waals surface area contributed by atoms with Gasteiger partial charge in [0, 0.05) is 12.1 Å². The highest BCUT2D eigenvalue weighted by atomic mass is 19.4. The minimum Gasteiger partial charge on any atom is -0.376 e. The maximum absolute atomic E-state index is 12.9. The maximum Gasteiger partial charge on any atom is 0.421 e. The molecule has 2 aromatic carbocycles. The zero-order valence-corrected chi connectivity index (χ0v) is 14.7. The van der Waals surface area contributed by atoms with Crippen molar-refractivity contribution in [2.75, 3.05) is 6.54 Å². The number of benzene rings is 2. The minimum atomic E-state index is -4.95. The zero-order valence-electron chi connectivity index (χ0n) is 14.7. The first-order chi connectivity index (χ1) is 12.8. The minimum absolute atomic E-state index is 0.220. The quantitative estimate of drug-likeness (QED) is 0.735. The summed E-state index contributed by atoms with van der Waals surface area (Å²) in [6.45, 7) is -1.28. The van der Waals surface area contributed by atoms with Crippen molar-refractivity contribution >= 4 is 5.91 Å². The van der Waals surface area contributed by atoms with Crippen LogP contribution in [0.3, 0.4) is 0 Å². The summed E-state index contributed by atoms with van der Waals surface area (Å²) in [5.41, 5.74) is -3.43. The molecule has 0 aliphatic rings. The fraction of sp³-hybridized carbons (Fsp3) is 0.316. The number of halogens is 6. The van der Waals surface area contributed by atoms with E-state index in [4.69, 9.17) is 0 Å². The van der Waals surface area contributed by atoms with Gasteiger partial charge in [-0.1, -0.05) is 42.5 Å². The summed E-state index contributed by atoms with van der Waals surface area (Å²) in [5, 5.41) is 9.64. The summed E-state index contributed by atoms with van der Waals surface area (Å²) < 4.78 is 77.3. The number of aliphatic hydroxyl groups is 1. The second-order valence-corrected chi connectivity index (χ2v) is 6.41. The van der Waals surface area contributed by atoms with Crippen LogP contribution in [-0.4, -0.2) is 34.8 Å². The number of hydrogen-bond donors (Lipinski definition) is 1. The van der Waals surface area contributed by atoms with E-state index in [1.54, 1.807) is 30.3 Å². The van der Waals surface area contributed by atoms with E-state index in [1.165, 1.54) is 0 Å². The van der Waals surface area contributed by atoms with Crippen molar-refractivity contribution in [3.8, 4) is 0 Å². The molecule has 0 fully saturated rings. The molecule has 1 unspecified atom stereocenters. The molecule has 2 rings (SSSR count). The van der Waals surface area contributed by atoms with Gasteiger partial charge < -0.3 is 10.0 Å². The molecule has 2 aromatic rings. The molecule has 0 aromatic heterocycles. The fourth-order valence-electron chi connectivity index (χ4n) is 2.50. The lowest BCUT2D eigenvalue weighted by molar-refractivity contribution is -0.258. The van der Waals surface area contributed by atoms with Crippen LogP contribution in [0.25, 0.3) is 0 Å². The van der Waals surface area contributed by atoms with Gasteiger partial charge in [0.25, 0.3) is 5.91 Å². The van der Waals surface area contributed by atoms with E-state index in [0.717, 1.165) is 24.3 Å². The van der Waals surface area contributed by atoms with Crippen LogP contribution < -0.4 is 0 Å². The molecular weight excluding hydrogens is 388 g/mol. The molecule has 0 spiro atoms. The molecule has 1 atom stereocenters. The molecule has 0 bridgehead atoms. The van der Waals surface area contributed by atoms with Crippen LogP contribution in [0.4, 0.5) is 26.3 Å². The lowest BCUT2D eigenvalue weighted by Crippen LogP contribution is -2.39. The Morgan fingerprint density at radius 1 is 0.929 bits per heavy atom. The highest BCUT2D eigenvalue weighted by Crippen LogP contribution is 2.38. The first-order valence-corrected chi connectivity index (χ1v) is 8.11. The van der Waals surface area contributed by atoms with E-state index in [9.17, 15) is 36.2 Å². The summed E-state index contributed by atoms with van der Waals surface area (Å²) in [7, 11) is 0. The Hall–Kier alpha value is -2.55. The van der Waals surface area contributed by atoms with Crippen LogP contribution in [0.5, 0.6) is 0 Å². The van der Waals surface area contributed by atoms with Crippen LogP contribution in [0, 0.1) is 0 Å². The van der Waals surface area contributed by atoms with E-state index in [0.29, 0.717) is 17.4 Å². The van der Waals surface area contributed by atoms with Gasteiger partial charge in [-0.15, -0.1) is 0 Å². The van der Waals surface area contributed by atoms with Gasteiger partial charge in [0.15, 0.2) is 5.60 Å². The highest BCUT2D eigenvalue weighted by Gasteiger charge is 2.51. The van der Waals surface area contributed by atoms with Gasteiger partial charge in [-0.25, -0.2) is 0 Å². The molecule has 0 aliphatic carbocycles. The van der Waals surface area contributed by atoms with Crippen LogP contribution in [0.15, 0.2) is 54.6 Å². The Morgan fingerprint density at radius 2 is 1.46 bits per heavy atom. The first kappa shape index (κ1) is 21.7. The molecule has 0 aliphatic heterocycles. The fourth-order valence-corrected chi connectivity index (χ4v) is 2.50. The van der Waals surface area contributed by atoms with Gasteiger partial charge in [0.2, 0.25) is 0 Å². The maximum atomic E-state index is 12.9. The van der Waals surface area contributed by atoms with Crippen LogP contribution in [-0.2, 0) is 12.1 Å². The Balaban J connectivity index is 2.28. The Morgan fingerprint density at radius 3 is 1.93 bits per heavy atom. The SMILES string of the molecule is CC(O)(c1ccc(C(=O)N(Cc2ccccc2)CC(F)(F)F)cc1)C(F)(F)F. The molecule has 1 amide bonds. The Kier molecular flexibility index (Phi) is 6.08. The smallest absolute Gasteiger partial charge is 0.376 e. The van der Waals surface area contributed by atoms with Crippen molar-refractivity contribution < 1.29 is 36.2 Å². The van der Waals surface area contributed by atoms with Crippen molar-refractivity contribution in [2.24, 2.45) is 0 Å². The van der Waals surface area contributed by atoms with Gasteiger partial charge in [-0.05, 0) is 30.2 Å². The zero-order chi connectivity index (χ0) is 21.2. The second-order valence-electron chi connectivity index (χ2n) is 6.41. The third-order valence-electron chi connectivity index (χ3n) is 4.12. The average molecular weight is 405 g/mol.